The van der Waals surface area contributed by atoms with Crippen LogP contribution in [-0.4, -0.2) is 32.1 Å². The van der Waals surface area contributed by atoms with E-state index >= 15 is 0 Å². The van der Waals surface area contributed by atoms with E-state index in [-0.39, 0.29) is 17.4 Å². The van der Waals surface area contributed by atoms with E-state index < -0.39 is 0 Å². The first-order valence-electron chi connectivity index (χ1n) is 6.51. The lowest BCUT2D eigenvalue weighted by Gasteiger charge is -2.47. The molecule has 0 heterocycles. The first-order chi connectivity index (χ1) is 9.01. The molecule has 19 heavy (non-hydrogen) atoms. The second-order valence-corrected chi connectivity index (χ2v) is 6.33. The van der Waals surface area contributed by atoms with Crippen molar-refractivity contribution in [1.82, 2.24) is 4.90 Å². The minimum absolute atomic E-state index is 0.0711. The number of hydrogen-bond acceptors (Lipinski definition) is 3. The predicted octanol–water partition coefficient (Wildman–Crippen LogP) is 3.40. The topological polar surface area (TPSA) is 29.5 Å². The Kier molecular flexibility index (Phi) is 4.31. The van der Waals surface area contributed by atoms with Crippen LogP contribution in [0.25, 0.3) is 0 Å². The van der Waals surface area contributed by atoms with Gasteiger partial charge in [0.1, 0.15) is 0 Å². The highest BCUT2D eigenvalue weighted by Gasteiger charge is 2.52. The number of ether oxygens (including phenoxy) is 1. The molecule has 0 bridgehead atoms. The number of esters is 1. The van der Waals surface area contributed by atoms with E-state index in [0.29, 0.717) is 0 Å². The van der Waals surface area contributed by atoms with E-state index in [1.807, 2.05) is 26.2 Å². The first kappa shape index (κ1) is 14.5. The normalized spacial score (nSPS) is 18.8. The van der Waals surface area contributed by atoms with Crippen molar-refractivity contribution in [3.8, 4) is 0 Å². The van der Waals surface area contributed by atoms with Crippen molar-refractivity contribution >= 4 is 21.9 Å². The Bertz CT molecular complexity index is 452. The largest absolute Gasteiger partial charge is 0.469 e. The first-order valence-corrected chi connectivity index (χ1v) is 7.31. The maximum absolute atomic E-state index is 12.2. The van der Waals surface area contributed by atoms with Crippen molar-refractivity contribution in [1.29, 1.82) is 0 Å². The van der Waals surface area contributed by atoms with E-state index in [0.717, 1.165) is 23.7 Å². The fourth-order valence-corrected chi connectivity index (χ4v) is 3.37. The summed E-state index contributed by atoms with van der Waals surface area (Å²) in [6, 6.07) is 8.28. The molecule has 0 aliphatic heterocycles. The Morgan fingerprint density at radius 1 is 1.32 bits per heavy atom. The van der Waals surface area contributed by atoms with Gasteiger partial charge in [0.15, 0.2) is 0 Å². The Labute approximate surface area is 123 Å². The average Bonchev–Trinajstić information content (AvgIpc) is 2.34. The lowest BCUT2D eigenvalue weighted by Crippen LogP contribution is -2.48. The van der Waals surface area contributed by atoms with Crippen molar-refractivity contribution in [3.63, 3.8) is 0 Å². The smallest absolute Gasteiger partial charge is 0.313 e. The Morgan fingerprint density at radius 3 is 2.26 bits per heavy atom. The molecule has 0 aromatic heterocycles. The highest BCUT2D eigenvalue weighted by atomic mass is 79.9. The van der Waals surface area contributed by atoms with Crippen LogP contribution in [0.2, 0.25) is 0 Å². The maximum atomic E-state index is 12.2. The predicted molar refractivity (Wildman–Crippen MR) is 78.9 cm³/mol. The van der Waals surface area contributed by atoms with Crippen LogP contribution in [0.4, 0.5) is 0 Å². The fraction of sp³-hybridized carbons (Fsp3) is 0.533. The van der Waals surface area contributed by atoms with Crippen LogP contribution in [0.3, 0.4) is 0 Å². The summed E-state index contributed by atoms with van der Waals surface area (Å²) in [7, 11) is 5.53. The Morgan fingerprint density at radius 2 is 1.89 bits per heavy atom. The zero-order chi connectivity index (χ0) is 14.0. The molecule has 4 heteroatoms. The van der Waals surface area contributed by atoms with E-state index in [9.17, 15) is 4.79 Å². The van der Waals surface area contributed by atoms with Gasteiger partial charge in [-0.15, -0.1) is 0 Å². The molecule has 1 saturated carbocycles. The maximum Gasteiger partial charge on any atom is 0.313 e. The summed E-state index contributed by atoms with van der Waals surface area (Å²) in [6.45, 7) is 0. The van der Waals surface area contributed by atoms with Crippen LogP contribution in [0, 0.1) is 5.41 Å². The molecule has 2 rings (SSSR count). The van der Waals surface area contributed by atoms with Crippen molar-refractivity contribution < 1.29 is 9.53 Å². The quantitative estimate of drug-likeness (QED) is 0.795. The highest BCUT2D eigenvalue weighted by molar-refractivity contribution is 9.10. The minimum Gasteiger partial charge on any atom is -0.469 e. The van der Waals surface area contributed by atoms with Crippen LogP contribution in [0.15, 0.2) is 28.7 Å². The molecule has 1 aromatic carbocycles. The standard InChI is InChI=1S/C15H20BrNO2/c1-17(2)13(11-5-7-12(16)8-6-11)15(9-4-10-15)14(18)19-3/h5-8,13H,4,9-10H2,1-3H3. The Balaban J connectivity index is 2.39. The number of carbonyl (C=O) groups is 1. The number of carbonyl (C=O) groups excluding carboxylic acids is 1. The van der Waals surface area contributed by atoms with Gasteiger partial charge < -0.3 is 9.64 Å². The van der Waals surface area contributed by atoms with Gasteiger partial charge in [0.25, 0.3) is 0 Å². The molecule has 1 aromatic rings. The van der Waals surface area contributed by atoms with Gasteiger partial charge in [0.2, 0.25) is 0 Å². The highest BCUT2D eigenvalue weighted by Crippen LogP contribution is 2.53. The zero-order valence-corrected chi connectivity index (χ0v) is 13.2. The average molecular weight is 326 g/mol. The molecular weight excluding hydrogens is 306 g/mol. The van der Waals surface area contributed by atoms with Crippen LogP contribution >= 0.6 is 15.9 Å². The summed E-state index contributed by atoms with van der Waals surface area (Å²) in [5, 5.41) is 0. The van der Waals surface area contributed by atoms with Gasteiger partial charge in [0, 0.05) is 4.47 Å². The van der Waals surface area contributed by atoms with E-state index in [1.54, 1.807) is 0 Å². The van der Waals surface area contributed by atoms with Crippen LogP contribution in [0.1, 0.15) is 30.9 Å². The molecule has 1 fully saturated rings. The lowest BCUT2D eigenvalue weighted by molar-refractivity contribution is -0.165. The molecule has 104 valence electrons. The van der Waals surface area contributed by atoms with Crippen LogP contribution in [-0.2, 0) is 9.53 Å². The number of benzene rings is 1. The summed E-state index contributed by atoms with van der Waals surface area (Å²) in [5.74, 6) is -0.0830. The van der Waals surface area contributed by atoms with Gasteiger partial charge in [-0.1, -0.05) is 34.5 Å². The summed E-state index contributed by atoms with van der Waals surface area (Å²) in [6.07, 6.45) is 2.90. The molecule has 1 aliphatic carbocycles. The van der Waals surface area contributed by atoms with E-state index in [4.69, 9.17) is 4.74 Å². The molecule has 0 saturated heterocycles. The van der Waals surface area contributed by atoms with Gasteiger partial charge in [-0.05, 0) is 44.6 Å². The number of nitrogens with zero attached hydrogens (tertiary/aromatic N) is 1. The van der Waals surface area contributed by atoms with Gasteiger partial charge in [0.05, 0.1) is 18.6 Å². The van der Waals surface area contributed by atoms with Gasteiger partial charge >= 0.3 is 5.97 Å². The number of hydrogen-bond donors (Lipinski definition) is 0. The molecular formula is C15H20BrNO2. The molecule has 1 unspecified atom stereocenters. The second-order valence-electron chi connectivity index (χ2n) is 5.42. The van der Waals surface area contributed by atoms with Crippen LogP contribution < -0.4 is 0 Å². The summed E-state index contributed by atoms with van der Waals surface area (Å²) < 4.78 is 6.11. The monoisotopic (exact) mass is 325 g/mol. The van der Waals surface area contributed by atoms with Crippen LogP contribution in [0.5, 0.6) is 0 Å². The van der Waals surface area contributed by atoms with Crippen molar-refractivity contribution in [3.05, 3.63) is 34.3 Å². The zero-order valence-electron chi connectivity index (χ0n) is 11.6. The van der Waals surface area contributed by atoms with Gasteiger partial charge in [-0.3, -0.25) is 4.79 Å². The summed E-state index contributed by atoms with van der Waals surface area (Å²) >= 11 is 3.45. The fourth-order valence-electron chi connectivity index (χ4n) is 3.11. The van der Waals surface area contributed by atoms with Crippen molar-refractivity contribution in [2.75, 3.05) is 21.2 Å². The summed E-state index contributed by atoms with van der Waals surface area (Å²) in [5.41, 5.74) is 0.782. The molecule has 0 radical (unpaired) electrons. The minimum atomic E-state index is -0.383. The summed E-state index contributed by atoms with van der Waals surface area (Å²) in [4.78, 5) is 14.4. The molecule has 0 N–H and O–H groups in total. The van der Waals surface area contributed by atoms with Crippen molar-refractivity contribution in [2.24, 2.45) is 5.41 Å². The third-order valence-corrected chi connectivity index (χ3v) is 4.59. The number of halogens is 1. The second kappa shape index (κ2) is 5.63. The third kappa shape index (κ3) is 2.56. The SMILES string of the molecule is COC(=O)C1(C(c2ccc(Br)cc2)N(C)C)CCC1. The number of rotatable bonds is 4. The van der Waals surface area contributed by atoms with Crippen molar-refractivity contribution in [2.45, 2.75) is 25.3 Å². The number of methoxy groups -OCH3 is 1. The molecule has 1 aliphatic rings. The van der Waals surface area contributed by atoms with Gasteiger partial charge in [-0.25, -0.2) is 0 Å². The third-order valence-electron chi connectivity index (χ3n) is 4.06. The molecule has 3 nitrogen and oxygen atoms in total. The molecule has 0 spiro atoms. The van der Waals surface area contributed by atoms with Gasteiger partial charge in [-0.2, -0.15) is 0 Å². The van der Waals surface area contributed by atoms with E-state index in [2.05, 4.69) is 33.0 Å². The lowest BCUT2D eigenvalue weighted by atomic mass is 9.62. The molecule has 1 atom stereocenters. The van der Waals surface area contributed by atoms with E-state index in [1.165, 1.54) is 12.7 Å². The Hall–Kier alpha value is -0.870. The molecule has 0 amide bonds.